The van der Waals surface area contributed by atoms with E-state index in [1.54, 1.807) is 39.0 Å². The molecule has 2 amide bonds. The van der Waals surface area contributed by atoms with Crippen molar-refractivity contribution in [3.05, 3.63) is 41.5 Å². The van der Waals surface area contributed by atoms with Crippen molar-refractivity contribution in [2.45, 2.75) is 90.2 Å². The number of imide groups is 1. The number of amides is 2. The first kappa shape index (κ1) is 41.6. The van der Waals surface area contributed by atoms with E-state index in [0.717, 1.165) is 10.5 Å². The molecule has 0 spiro atoms. The number of nitrogens with zero attached hydrogens (tertiary/aromatic N) is 1. The summed E-state index contributed by atoms with van der Waals surface area (Å²) in [5, 5.41) is 39.9. The minimum atomic E-state index is -1.87. The van der Waals surface area contributed by atoms with Gasteiger partial charge < -0.3 is 48.8 Å². The Labute approximate surface area is 296 Å². The van der Waals surface area contributed by atoms with Gasteiger partial charge in [0.1, 0.15) is 36.5 Å². The Morgan fingerprint density at radius 1 is 0.824 bits per heavy atom. The molecule has 2 aliphatic heterocycles. The number of aliphatic hydroxyl groups is 3. The maximum atomic E-state index is 12.4. The Balaban J connectivity index is 1.33. The molecule has 4 N–H and O–H groups in total. The molecule has 1 aromatic rings. The molecular weight excluding hydrogens is 674 g/mol. The molecule has 3 rings (SSSR count). The topological polar surface area (TPSA) is 225 Å². The highest BCUT2D eigenvalue weighted by Crippen LogP contribution is 2.29. The summed E-state index contributed by atoms with van der Waals surface area (Å²) >= 11 is 0. The van der Waals surface area contributed by atoms with Gasteiger partial charge in [-0.1, -0.05) is 6.07 Å². The van der Waals surface area contributed by atoms with Gasteiger partial charge in [-0.15, -0.1) is 0 Å². The third-order valence-corrected chi connectivity index (χ3v) is 7.91. The van der Waals surface area contributed by atoms with Crippen LogP contribution in [-0.4, -0.2) is 132 Å². The lowest BCUT2D eigenvalue weighted by atomic mass is 9.97. The molecule has 2 aliphatic rings. The number of aryl methyl sites for hydroxylation is 1. The van der Waals surface area contributed by atoms with Crippen LogP contribution in [0.3, 0.4) is 0 Å². The van der Waals surface area contributed by atoms with Gasteiger partial charge in [0.25, 0.3) is 11.8 Å². The number of ether oxygens (including phenoxy) is 6. The first-order valence-corrected chi connectivity index (χ1v) is 16.9. The van der Waals surface area contributed by atoms with E-state index in [9.17, 15) is 44.4 Å². The molecule has 0 radical (unpaired) electrons. The van der Waals surface area contributed by atoms with E-state index in [0.29, 0.717) is 70.9 Å². The monoisotopic (exact) mass is 723 g/mol. The van der Waals surface area contributed by atoms with Gasteiger partial charge in [0.2, 0.25) is 6.29 Å². The second kappa shape index (κ2) is 20.3. The standard InChI is InChI=1S/C35H49NO15/c1-35(2,3)34(45)49-21-23-20-22(8-9-25(23)50-33-30(42)28(40)29(41)31(51-33)32(43)44)6-4-14-46-16-18-48-19-17-47-15-5-7-24(37)12-13-36-26(38)10-11-27(36)39/h8-11,20,28-31,33,40-42H,4-7,12-19,21H2,1-3H3,(H,43,44)/t28-,29-,30+,31-,33+/m0/s1. The third-order valence-electron chi connectivity index (χ3n) is 7.91. The van der Waals surface area contributed by atoms with Crippen molar-refractivity contribution in [1.29, 1.82) is 0 Å². The van der Waals surface area contributed by atoms with Crippen LogP contribution in [0.5, 0.6) is 5.75 Å². The summed E-state index contributed by atoms with van der Waals surface area (Å²) in [5.74, 6) is -2.71. The average molecular weight is 724 g/mol. The number of carbonyl (C=O) groups excluding carboxylic acids is 4. The number of benzene rings is 1. The Kier molecular flexibility index (Phi) is 16.6. The summed E-state index contributed by atoms with van der Waals surface area (Å²) in [6, 6.07) is 5.05. The quantitative estimate of drug-likeness (QED) is 0.0734. The molecule has 51 heavy (non-hydrogen) atoms. The number of carboxylic acid groups (broad SMARTS) is 1. The Morgan fingerprint density at radius 3 is 2.04 bits per heavy atom. The number of rotatable bonds is 22. The first-order chi connectivity index (χ1) is 24.2. The van der Waals surface area contributed by atoms with Crippen LogP contribution in [0, 0.1) is 5.41 Å². The normalized spacial score (nSPS) is 22.0. The van der Waals surface area contributed by atoms with Crippen molar-refractivity contribution in [2.75, 3.05) is 46.2 Å². The van der Waals surface area contributed by atoms with E-state index in [2.05, 4.69) is 0 Å². The van der Waals surface area contributed by atoms with Crippen molar-refractivity contribution in [3.8, 4) is 5.75 Å². The Morgan fingerprint density at radius 2 is 1.43 bits per heavy atom. The highest BCUT2D eigenvalue weighted by atomic mass is 16.7. The number of carbonyl (C=O) groups is 5. The van der Waals surface area contributed by atoms with Gasteiger partial charge in [0, 0.05) is 50.3 Å². The maximum Gasteiger partial charge on any atom is 0.335 e. The number of hydrogen-bond acceptors (Lipinski definition) is 14. The van der Waals surface area contributed by atoms with Crippen molar-refractivity contribution < 1.29 is 72.8 Å². The predicted octanol–water partition coefficient (Wildman–Crippen LogP) is 0.694. The highest BCUT2D eigenvalue weighted by Gasteiger charge is 2.48. The fourth-order valence-corrected chi connectivity index (χ4v) is 4.96. The Bertz CT molecular complexity index is 1360. The van der Waals surface area contributed by atoms with E-state index < -0.39 is 59.9 Å². The first-order valence-electron chi connectivity index (χ1n) is 16.9. The van der Waals surface area contributed by atoms with Crippen molar-refractivity contribution in [2.24, 2.45) is 5.41 Å². The number of carboxylic acids is 1. The lowest BCUT2D eigenvalue weighted by Crippen LogP contribution is -2.61. The van der Waals surface area contributed by atoms with Crippen LogP contribution >= 0.6 is 0 Å². The molecule has 1 aromatic carbocycles. The molecule has 0 aliphatic carbocycles. The summed E-state index contributed by atoms with van der Waals surface area (Å²) in [6.45, 7) is 7.29. The van der Waals surface area contributed by atoms with Gasteiger partial charge in [-0.2, -0.15) is 0 Å². The molecule has 1 saturated heterocycles. The Hall–Kier alpha value is -3.77. The number of aliphatic hydroxyl groups excluding tert-OH is 3. The van der Waals surface area contributed by atoms with Crippen LogP contribution in [0.15, 0.2) is 30.4 Å². The third kappa shape index (κ3) is 13.4. The molecule has 0 aromatic heterocycles. The zero-order valence-corrected chi connectivity index (χ0v) is 29.2. The predicted molar refractivity (Wildman–Crippen MR) is 176 cm³/mol. The van der Waals surface area contributed by atoms with Crippen molar-refractivity contribution >= 4 is 29.5 Å². The lowest BCUT2D eigenvalue weighted by molar-refractivity contribution is -0.271. The summed E-state index contributed by atoms with van der Waals surface area (Å²) in [5.41, 5.74) is 0.510. The van der Waals surface area contributed by atoms with Crippen LogP contribution in [-0.2, 0) is 60.7 Å². The smallest absolute Gasteiger partial charge is 0.335 e. The van der Waals surface area contributed by atoms with Crippen LogP contribution in [0.4, 0.5) is 0 Å². The van der Waals surface area contributed by atoms with Gasteiger partial charge in [-0.05, 0) is 57.7 Å². The molecule has 284 valence electrons. The van der Waals surface area contributed by atoms with Crippen molar-refractivity contribution in [1.82, 2.24) is 4.90 Å². The number of esters is 1. The zero-order valence-electron chi connectivity index (χ0n) is 29.2. The van der Waals surface area contributed by atoms with Gasteiger partial charge in [-0.3, -0.25) is 24.1 Å². The zero-order chi connectivity index (χ0) is 37.6. The van der Waals surface area contributed by atoms with Crippen molar-refractivity contribution in [3.63, 3.8) is 0 Å². The van der Waals surface area contributed by atoms with Crippen LogP contribution < -0.4 is 4.74 Å². The minimum absolute atomic E-state index is 0.0425. The van der Waals surface area contributed by atoms with Crippen LogP contribution in [0.25, 0.3) is 0 Å². The fourth-order valence-electron chi connectivity index (χ4n) is 4.96. The summed E-state index contributed by atoms with van der Waals surface area (Å²) in [6.07, 6.45) is -4.33. The molecule has 16 heteroatoms. The fraction of sp³-hybridized carbons (Fsp3) is 0.629. The molecule has 2 heterocycles. The molecule has 0 saturated carbocycles. The van der Waals surface area contributed by atoms with Crippen LogP contribution in [0.2, 0.25) is 0 Å². The number of ketones is 1. The highest BCUT2D eigenvalue weighted by molar-refractivity contribution is 6.13. The van der Waals surface area contributed by atoms with Gasteiger partial charge in [0.15, 0.2) is 6.10 Å². The van der Waals surface area contributed by atoms with E-state index in [4.69, 9.17) is 28.4 Å². The molecule has 1 fully saturated rings. The van der Waals surface area contributed by atoms with Gasteiger partial charge in [0.05, 0.1) is 31.8 Å². The number of hydrogen-bond donors (Lipinski definition) is 4. The minimum Gasteiger partial charge on any atom is -0.479 e. The molecule has 5 atom stereocenters. The van der Waals surface area contributed by atoms with E-state index in [-0.39, 0.29) is 31.1 Å². The number of Topliss-reactive ketones (excluding diaryl/α,β-unsaturated/α-hetero) is 1. The van der Waals surface area contributed by atoms with E-state index in [1.807, 2.05) is 0 Å². The number of aliphatic carboxylic acids is 1. The summed E-state index contributed by atoms with van der Waals surface area (Å²) in [7, 11) is 0. The van der Waals surface area contributed by atoms with Gasteiger partial charge >= 0.3 is 11.9 Å². The summed E-state index contributed by atoms with van der Waals surface area (Å²) < 4.78 is 33.1. The second-order valence-corrected chi connectivity index (χ2v) is 13.1. The molecule has 16 nitrogen and oxygen atoms in total. The molecule has 0 unspecified atom stereocenters. The SMILES string of the molecule is CC(C)(C)C(=O)OCc1cc(CCCOCCOCCOCCCC(=O)CCN2C(=O)C=CC2=O)ccc1O[C@@H]1O[C@H](C(=O)O)[C@@H](O)[C@H](O)[C@H]1O. The average Bonchev–Trinajstić information content (AvgIpc) is 3.40. The van der Waals surface area contributed by atoms with Gasteiger partial charge in [-0.25, -0.2) is 4.79 Å². The molecular formula is C35H49NO15. The van der Waals surface area contributed by atoms with Crippen LogP contribution in [0.1, 0.15) is 57.6 Å². The second-order valence-electron chi connectivity index (χ2n) is 13.1. The summed E-state index contributed by atoms with van der Waals surface area (Å²) in [4.78, 5) is 60.0. The molecule has 0 bridgehead atoms. The van der Waals surface area contributed by atoms with E-state index in [1.165, 1.54) is 12.2 Å². The lowest BCUT2D eigenvalue weighted by Gasteiger charge is -2.38. The van der Waals surface area contributed by atoms with E-state index >= 15 is 0 Å². The largest absolute Gasteiger partial charge is 0.479 e. The maximum absolute atomic E-state index is 12.4.